The molecule has 2 rings (SSSR count). The summed E-state index contributed by atoms with van der Waals surface area (Å²) < 4.78 is 15.7. The number of esters is 1. The Balaban J connectivity index is 2.36. The summed E-state index contributed by atoms with van der Waals surface area (Å²) in [6.07, 6.45) is 0.434. The van der Waals surface area contributed by atoms with Gasteiger partial charge in [-0.15, -0.1) is 0 Å². The van der Waals surface area contributed by atoms with E-state index in [1.54, 1.807) is 19.9 Å². The lowest BCUT2D eigenvalue weighted by Crippen LogP contribution is -2.12. The SMILES string of the molecule is Cc1cc(=O)oc2cc(OCC#N)c(CCC(=O)OC(C)C)cc12. The Hall–Kier alpha value is -2.81. The Morgan fingerprint density at radius 1 is 1.33 bits per heavy atom. The van der Waals surface area contributed by atoms with E-state index in [9.17, 15) is 9.59 Å². The van der Waals surface area contributed by atoms with E-state index in [0.29, 0.717) is 17.8 Å². The number of nitrogens with zero attached hydrogens (tertiary/aromatic N) is 1. The standard InChI is InChI=1S/C18H19NO5/c1-11(2)23-17(20)5-4-13-9-14-12(3)8-18(21)24-16(14)10-15(13)22-7-6-19/h8-11H,4-5,7H2,1-3H3. The zero-order valence-corrected chi connectivity index (χ0v) is 13.9. The minimum absolute atomic E-state index is 0.134. The summed E-state index contributed by atoms with van der Waals surface area (Å²) in [6.45, 7) is 5.26. The normalized spacial score (nSPS) is 10.6. The van der Waals surface area contributed by atoms with E-state index < -0.39 is 5.63 Å². The zero-order chi connectivity index (χ0) is 17.7. The molecule has 0 unspecified atom stereocenters. The molecule has 24 heavy (non-hydrogen) atoms. The first kappa shape index (κ1) is 17.5. The molecule has 2 aromatic rings. The maximum Gasteiger partial charge on any atom is 0.336 e. The van der Waals surface area contributed by atoms with E-state index in [1.807, 2.05) is 19.1 Å². The molecule has 0 saturated heterocycles. The molecule has 0 aliphatic carbocycles. The minimum Gasteiger partial charge on any atom is -0.478 e. The van der Waals surface area contributed by atoms with Gasteiger partial charge in [-0.3, -0.25) is 4.79 Å². The van der Waals surface area contributed by atoms with Gasteiger partial charge in [-0.05, 0) is 44.4 Å². The molecule has 0 saturated carbocycles. The van der Waals surface area contributed by atoms with E-state index >= 15 is 0 Å². The summed E-state index contributed by atoms with van der Waals surface area (Å²) in [7, 11) is 0. The average Bonchev–Trinajstić information content (AvgIpc) is 2.50. The Labute approximate surface area is 139 Å². The molecule has 0 spiro atoms. The molecule has 6 nitrogen and oxygen atoms in total. The number of carbonyl (C=O) groups excluding carboxylic acids is 1. The largest absolute Gasteiger partial charge is 0.478 e. The molecule has 0 N–H and O–H groups in total. The quantitative estimate of drug-likeness (QED) is 0.598. The van der Waals surface area contributed by atoms with Crippen LogP contribution >= 0.6 is 0 Å². The second-order valence-corrected chi connectivity index (χ2v) is 5.69. The molecule has 0 bridgehead atoms. The minimum atomic E-state index is -0.445. The van der Waals surface area contributed by atoms with Gasteiger partial charge in [0.15, 0.2) is 6.61 Å². The van der Waals surface area contributed by atoms with Gasteiger partial charge in [-0.2, -0.15) is 5.26 Å². The summed E-state index contributed by atoms with van der Waals surface area (Å²) in [5, 5.41) is 9.48. The van der Waals surface area contributed by atoms with Crippen LogP contribution < -0.4 is 10.4 Å². The zero-order valence-electron chi connectivity index (χ0n) is 13.9. The van der Waals surface area contributed by atoms with Crippen molar-refractivity contribution < 1.29 is 18.7 Å². The van der Waals surface area contributed by atoms with Crippen LogP contribution in [0.15, 0.2) is 27.4 Å². The van der Waals surface area contributed by atoms with Crippen LogP contribution in [0.2, 0.25) is 0 Å². The second kappa shape index (κ2) is 7.64. The molecule has 0 aliphatic rings. The number of rotatable bonds is 6. The van der Waals surface area contributed by atoms with Crippen molar-refractivity contribution in [1.82, 2.24) is 0 Å². The van der Waals surface area contributed by atoms with Crippen molar-refractivity contribution >= 4 is 16.9 Å². The first-order valence-electron chi connectivity index (χ1n) is 7.67. The topological polar surface area (TPSA) is 89.5 Å². The van der Waals surface area contributed by atoms with Gasteiger partial charge in [0.2, 0.25) is 0 Å². The molecule has 126 valence electrons. The molecular formula is C18H19NO5. The van der Waals surface area contributed by atoms with Gasteiger partial charge in [0.25, 0.3) is 0 Å². The number of benzene rings is 1. The number of ether oxygens (including phenoxy) is 2. The molecule has 6 heteroatoms. The van der Waals surface area contributed by atoms with Gasteiger partial charge < -0.3 is 13.9 Å². The van der Waals surface area contributed by atoms with Gasteiger partial charge in [0, 0.05) is 23.9 Å². The van der Waals surface area contributed by atoms with Crippen LogP contribution in [0.1, 0.15) is 31.4 Å². The third-order valence-corrected chi connectivity index (χ3v) is 3.39. The third-order valence-electron chi connectivity index (χ3n) is 3.39. The van der Waals surface area contributed by atoms with Crippen LogP contribution in [0.3, 0.4) is 0 Å². The highest BCUT2D eigenvalue weighted by atomic mass is 16.5. The van der Waals surface area contributed by atoms with Crippen molar-refractivity contribution in [2.24, 2.45) is 0 Å². The molecule has 1 heterocycles. The fourth-order valence-corrected chi connectivity index (χ4v) is 2.39. The van der Waals surface area contributed by atoms with Crippen LogP contribution in [0, 0.1) is 18.3 Å². The molecule has 1 aromatic heterocycles. The van der Waals surface area contributed by atoms with E-state index in [4.69, 9.17) is 19.2 Å². The molecule has 0 amide bonds. The number of hydrogen-bond acceptors (Lipinski definition) is 6. The second-order valence-electron chi connectivity index (χ2n) is 5.69. The van der Waals surface area contributed by atoms with E-state index in [0.717, 1.165) is 16.5 Å². The van der Waals surface area contributed by atoms with Crippen molar-refractivity contribution in [3.63, 3.8) is 0 Å². The average molecular weight is 329 g/mol. The van der Waals surface area contributed by atoms with Gasteiger partial charge in [-0.1, -0.05) is 0 Å². The Morgan fingerprint density at radius 2 is 2.08 bits per heavy atom. The van der Waals surface area contributed by atoms with Crippen LogP contribution in [0.4, 0.5) is 0 Å². The molecular weight excluding hydrogens is 310 g/mol. The van der Waals surface area contributed by atoms with E-state index in [2.05, 4.69) is 0 Å². The lowest BCUT2D eigenvalue weighted by atomic mass is 10.0. The number of carbonyl (C=O) groups is 1. The molecule has 1 aromatic carbocycles. The van der Waals surface area contributed by atoms with E-state index in [-0.39, 0.29) is 25.1 Å². The predicted octanol–water partition coefficient (Wildman–Crippen LogP) is 2.89. The molecule has 0 fully saturated rings. The fraction of sp³-hybridized carbons (Fsp3) is 0.389. The summed E-state index contributed by atoms with van der Waals surface area (Å²) in [6, 6.07) is 6.72. The Kier molecular flexibility index (Phi) is 5.59. The smallest absolute Gasteiger partial charge is 0.336 e. The number of fused-ring (bicyclic) bond motifs is 1. The summed E-state index contributed by atoms with van der Waals surface area (Å²) in [5.41, 5.74) is 1.48. The van der Waals surface area contributed by atoms with Gasteiger partial charge in [0.05, 0.1) is 6.10 Å². The maximum absolute atomic E-state index is 11.8. The van der Waals surface area contributed by atoms with E-state index in [1.165, 1.54) is 6.07 Å². The van der Waals surface area contributed by atoms with Crippen molar-refractivity contribution in [3.05, 3.63) is 39.7 Å². The maximum atomic E-state index is 11.8. The lowest BCUT2D eigenvalue weighted by molar-refractivity contribution is -0.147. The van der Waals surface area contributed by atoms with Crippen molar-refractivity contribution in [3.8, 4) is 11.8 Å². The predicted molar refractivity (Wildman–Crippen MR) is 87.9 cm³/mol. The van der Waals surface area contributed by atoms with Gasteiger partial charge in [-0.25, -0.2) is 4.79 Å². The Bertz CT molecular complexity index is 845. The van der Waals surface area contributed by atoms with Gasteiger partial charge >= 0.3 is 11.6 Å². The van der Waals surface area contributed by atoms with Gasteiger partial charge in [0.1, 0.15) is 17.4 Å². The highest BCUT2D eigenvalue weighted by Crippen LogP contribution is 2.28. The highest BCUT2D eigenvalue weighted by Gasteiger charge is 2.13. The van der Waals surface area contributed by atoms with Crippen LogP contribution in [0.5, 0.6) is 5.75 Å². The monoisotopic (exact) mass is 329 g/mol. The van der Waals surface area contributed by atoms with Crippen LogP contribution in [-0.4, -0.2) is 18.7 Å². The molecule has 0 radical (unpaired) electrons. The number of aryl methyl sites for hydroxylation is 2. The first-order chi connectivity index (χ1) is 11.4. The lowest BCUT2D eigenvalue weighted by Gasteiger charge is -2.12. The highest BCUT2D eigenvalue weighted by molar-refractivity contribution is 5.83. The summed E-state index contributed by atoms with van der Waals surface area (Å²) in [4.78, 5) is 23.3. The van der Waals surface area contributed by atoms with Crippen LogP contribution in [0.25, 0.3) is 11.0 Å². The third kappa shape index (κ3) is 4.35. The van der Waals surface area contributed by atoms with Crippen molar-refractivity contribution in [2.45, 2.75) is 39.7 Å². The number of nitriles is 1. The number of hydrogen-bond donors (Lipinski definition) is 0. The fourth-order valence-electron chi connectivity index (χ4n) is 2.39. The summed E-state index contributed by atoms with van der Waals surface area (Å²) in [5.74, 6) is 0.128. The molecule has 0 aliphatic heterocycles. The molecule has 0 atom stereocenters. The van der Waals surface area contributed by atoms with Crippen LogP contribution in [-0.2, 0) is 16.0 Å². The Morgan fingerprint density at radius 3 is 2.75 bits per heavy atom. The summed E-state index contributed by atoms with van der Waals surface area (Å²) >= 11 is 0. The van der Waals surface area contributed by atoms with Crippen molar-refractivity contribution in [2.75, 3.05) is 6.61 Å². The first-order valence-corrected chi connectivity index (χ1v) is 7.67. The van der Waals surface area contributed by atoms with Crippen molar-refractivity contribution in [1.29, 1.82) is 5.26 Å².